The Morgan fingerprint density at radius 2 is 1.86 bits per heavy atom. The monoisotopic (exact) mass is 286 g/mol. The van der Waals surface area contributed by atoms with E-state index in [1.807, 2.05) is 30.3 Å². The number of hydrogen-bond donors (Lipinski definition) is 1. The van der Waals surface area contributed by atoms with Gasteiger partial charge in [0.25, 0.3) is 0 Å². The van der Waals surface area contributed by atoms with Crippen LogP contribution in [-0.2, 0) is 4.79 Å². The van der Waals surface area contributed by atoms with Gasteiger partial charge in [-0.3, -0.25) is 10.1 Å². The molecule has 1 aromatic carbocycles. The van der Waals surface area contributed by atoms with Gasteiger partial charge in [-0.25, -0.2) is 0 Å². The van der Waals surface area contributed by atoms with Gasteiger partial charge in [0.15, 0.2) is 0 Å². The third-order valence-electron chi connectivity index (χ3n) is 4.96. The van der Waals surface area contributed by atoms with Crippen LogP contribution in [0.15, 0.2) is 30.3 Å². The Hall–Kier alpha value is -1.35. The van der Waals surface area contributed by atoms with E-state index in [1.54, 1.807) is 0 Å². The van der Waals surface area contributed by atoms with Crippen molar-refractivity contribution in [2.24, 2.45) is 5.92 Å². The fraction of sp³-hybridized carbons (Fsp3) is 0.611. The van der Waals surface area contributed by atoms with Crippen LogP contribution in [0.4, 0.5) is 0 Å². The van der Waals surface area contributed by atoms with Crippen LogP contribution < -0.4 is 5.32 Å². The predicted molar refractivity (Wildman–Crippen MR) is 84.7 cm³/mol. The molecular formula is C18H26N2O. The summed E-state index contributed by atoms with van der Waals surface area (Å²) in [5.41, 5.74) is 1.09. The SMILES string of the molecule is CCC1NC(c2ccccc2)C(=O)N1CC1CCCCC1. The molecule has 2 atom stereocenters. The first-order valence-electron chi connectivity index (χ1n) is 8.41. The number of nitrogens with one attached hydrogen (secondary N) is 1. The molecule has 0 aromatic heterocycles. The highest BCUT2D eigenvalue weighted by Crippen LogP contribution is 2.30. The van der Waals surface area contributed by atoms with Crippen molar-refractivity contribution in [3.63, 3.8) is 0 Å². The molecule has 1 aliphatic carbocycles. The molecule has 3 nitrogen and oxygen atoms in total. The third kappa shape index (κ3) is 3.13. The first-order valence-corrected chi connectivity index (χ1v) is 8.41. The van der Waals surface area contributed by atoms with E-state index in [0.717, 1.165) is 18.5 Å². The number of benzene rings is 1. The molecule has 2 aliphatic rings. The summed E-state index contributed by atoms with van der Waals surface area (Å²) >= 11 is 0. The average molecular weight is 286 g/mol. The number of carbonyl (C=O) groups is 1. The van der Waals surface area contributed by atoms with Crippen molar-refractivity contribution in [3.8, 4) is 0 Å². The van der Waals surface area contributed by atoms with E-state index >= 15 is 0 Å². The lowest BCUT2D eigenvalue weighted by Crippen LogP contribution is -2.40. The minimum Gasteiger partial charge on any atom is -0.325 e. The number of amides is 1. The van der Waals surface area contributed by atoms with Gasteiger partial charge in [0.05, 0.1) is 6.17 Å². The molecule has 21 heavy (non-hydrogen) atoms. The van der Waals surface area contributed by atoms with Crippen LogP contribution in [0.3, 0.4) is 0 Å². The normalized spacial score (nSPS) is 27.3. The number of hydrogen-bond acceptors (Lipinski definition) is 2. The maximum absolute atomic E-state index is 12.8. The summed E-state index contributed by atoms with van der Waals surface area (Å²) in [6, 6.07) is 9.96. The lowest BCUT2D eigenvalue weighted by molar-refractivity contribution is -0.131. The molecule has 1 heterocycles. The van der Waals surface area contributed by atoms with Gasteiger partial charge in [0.1, 0.15) is 6.04 Å². The molecule has 2 fully saturated rings. The Kier molecular flexibility index (Phi) is 4.59. The molecule has 1 saturated heterocycles. The fourth-order valence-corrected chi connectivity index (χ4v) is 3.76. The molecule has 1 N–H and O–H groups in total. The van der Waals surface area contributed by atoms with E-state index in [-0.39, 0.29) is 18.1 Å². The Morgan fingerprint density at radius 3 is 2.52 bits per heavy atom. The van der Waals surface area contributed by atoms with Crippen LogP contribution in [0.25, 0.3) is 0 Å². The van der Waals surface area contributed by atoms with Crippen molar-refractivity contribution in [3.05, 3.63) is 35.9 Å². The molecule has 1 aromatic rings. The van der Waals surface area contributed by atoms with Gasteiger partial charge in [-0.05, 0) is 30.7 Å². The summed E-state index contributed by atoms with van der Waals surface area (Å²) in [5, 5.41) is 3.52. The highest BCUT2D eigenvalue weighted by molar-refractivity contribution is 5.85. The molecule has 2 unspecified atom stereocenters. The summed E-state index contributed by atoms with van der Waals surface area (Å²) < 4.78 is 0. The van der Waals surface area contributed by atoms with E-state index in [0.29, 0.717) is 5.92 Å². The van der Waals surface area contributed by atoms with Crippen molar-refractivity contribution in [1.82, 2.24) is 10.2 Å². The number of carbonyl (C=O) groups excluding carboxylic acids is 1. The maximum atomic E-state index is 12.8. The molecule has 3 rings (SSSR count). The molecular weight excluding hydrogens is 260 g/mol. The second-order valence-electron chi connectivity index (χ2n) is 6.43. The van der Waals surface area contributed by atoms with E-state index in [1.165, 1.54) is 32.1 Å². The van der Waals surface area contributed by atoms with Gasteiger partial charge in [-0.2, -0.15) is 0 Å². The molecule has 114 valence electrons. The lowest BCUT2D eigenvalue weighted by atomic mass is 9.89. The first-order chi connectivity index (χ1) is 10.3. The summed E-state index contributed by atoms with van der Waals surface area (Å²) in [5.74, 6) is 0.965. The lowest BCUT2D eigenvalue weighted by Gasteiger charge is -2.30. The van der Waals surface area contributed by atoms with Crippen LogP contribution in [0.1, 0.15) is 57.1 Å². The largest absolute Gasteiger partial charge is 0.325 e. The Balaban J connectivity index is 1.72. The second-order valence-corrected chi connectivity index (χ2v) is 6.43. The van der Waals surface area contributed by atoms with Gasteiger partial charge < -0.3 is 4.90 Å². The zero-order valence-corrected chi connectivity index (χ0v) is 12.9. The molecule has 1 amide bonds. The third-order valence-corrected chi connectivity index (χ3v) is 4.96. The first kappa shape index (κ1) is 14.6. The fourth-order valence-electron chi connectivity index (χ4n) is 3.76. The van der Waals surface area contributed by atoms with E-state index in [9.17, 15) is 4.79 Å². The zero-order valence-electron chi connectivity index (χ0n) is 12.9. The van der Waals surface area contributed by atoms with Gasteiger partial charge >= 0.3 is 0 Å². The maximum Gasteiger partial charge on any atom is 0.245 e. The average Bonchev–Trinajstić information content (AvgIpc) is 2.86. The minimum atomic E-state index is -0.153. The van der Waals surface area contributed by atoms with Crippen molar-refractivity contribution >= 4 is 5.91 Å². The van der Waals surface area contributed by atoms with Crippen LogP contribution in [0, 0.1) is 5.92 Å². The highest BCUT2D eigenvalue weighted by atomic mass is 16.2. The Bertz CT molecular complexity index is 467. The standard InChI is InChI=1S/C18H26N2O/c1-2-16-19-17(15-11-7-4-8-12-15)18(21)20(16)13-14-9-5-3-6-10-14/h4,7-8,11-12,14,16-17,19H,2-3,5-6,9-10,13H2,1H3. The summed E-state index contributed by atoms with van der Waals surface area (Å²) in [6.45, 7) is 3.10. The van der Waals surface area contributed by atoms with Gasteiger partial charge in [-0.15, -0.1) is 0 Å². The minimum absolute atomic E-state index is 0.153. The number of nitrogens with zero attached hydrogens (tertiary/aromatic N) is 1. The van der Waals surface area contributed by atoms with Crippen LogP contribution in [0.2, 0.25) is 0 Å². The quantitative estimate of drug-likeness (QED) is 0.919. The van der Waals surface area contributed by atoms with Crippen LogP contribution in [-0.4, -0.2) is 23.5 Å². The van der Waals surface area contributed by atoms with Gasteiger partial charge in [-0.1, -0.05) is 56.5 Å². The zero-order chi connectivity index (χ0) is 14.7. The van der Waals surface area contributed by atoms with Gasteiger partial charge in [0.2, 0.25) is 5.91 Å². The van der Waals surface area contributed by atoms with E-state index in [2.05, 4.69) is 17.1 Å². The smallest absolute Gasteiger partial charge is 0.245 e. The predicted octanol–water partition coefficient (Wildman–Crippen LogP) is 3.48. The van der Waals surface area contributed by atoms with Crippen molar-refractivity contribution < 1.29 is 4.79 Å². The molecule has 0 spiro atoms. The molecule has 1 saturated carbocycles. The molecule has 3 heteroatoms. The Morgan fingerprint density at radius 1 is 1.14 bits per heavy atom. The summed E-state index contributed by atoms with van der Waals surface area (Å²) in [7, 11) is 0. The highest BCUT2D eigenvalue weighted by Gasteiger charge is 2.39. The van der Waals surface area contributed by atoms with Crippen molar-refractivity contribution in [1.29, 1.82) is 0 Å². The van der Waals surface area contributed by atoms with Crippen molar-refractivity contribution in [2.45, 2.75) is 57.7 Å². The van der Waals surface area contributed by atoms with E-state index < -0.39 is 0 Å². The molecule has 0 bridgehead atoms. The van der Waals surface area contributed by atoms with Crippen molar-refractivity contribution in [2.75, 3.05) is 6.54 Å². The molecule has 1 aliphatic heterocycles. The summed E-state index contributed by atoms with van der Waals surface area (Å²) in [6.07, 6.45) is 7.78. The van der Waals surface area contributed by atoms with E-state index in [4.69, 9.17) is 0 Å². The Labute approximate surface area is 127 Å². The van der Waals surface area contributed by atoms with Gasteiger partial charge in [0, 0.05) is 6.54 Å². The van der Waals surface area contributed by atoms with Crippen LogP contribution >= 0.6 is 0 Å². The summed E-state index contributed by atoms with van der Waals surface area (Å²) in [4.78, 5) is 14.9. The molecule has 0 radical (unpaired) electrons. The number of rotatable bonds is 4. The van der Waals surface area contributed by atoms with Crippen LogP contribution in [0.5, 0.6) is 0 Å². The topological polar surface area (TPSA) is 32.3 Å². The second kappa shape index (κ2) is 6.61.